The fourth-order valence-electron chi connectivity index (χ4n) is 3.78. The third kappa shape index (κ3) is 4.75. The van der Waals surface area contributed by atoms with Crippen molar-refractivity contribution in [2.75, 3.05) is 13.7 Å². The van der Waals surface area contributed by atoms with Gasteiger partial charge in [0, 0.05) is 13.0 Å². The molecule has 0 heterocycles. The van der Waals surface area contributed by atoms with Gasteiger partial charge in [0.1, 0.15) is 12.1 Å². The lowest BCUT2D eigenvalue weighted by molar-refractivity contribution is -0.146. The van der Waals surface area contributed by atoms with Gasteiger partial charge in [0.15, 0.2) is 6.04 Å². The Bertz CT molecular complexity index is 974. The molecule has 2 aromatic carbocycles. The van der Waals surface area contributed by atoms with Crippen LogP contribution in [0.25, 0.3) is 11.1 Å². The fourth-order valence-corrected chi connectivity index (χ4v) is 3.78. The summed E-state index contributed by atoms with van der Waals surface area (Å²) in [6.45, 7) is 4.58. The van der Waals surface area contributed by atoms with Gasteiger partial charge in [0.2, 0.25) is 5.91 Å². The Morgan fingerprint density at radius 3 is 2.06 bits per heavy atom. The van der Waals surface area contributed by atoms with E-state index in [1.54, 1.807) is 0 Å². The van der Waals surface area contributed by atoms with E-state index < -0.39 is 35.7 Å². The molecule has 0 spiro atoms. The van der Waals surface area contributed by atoms with Gasteiger partial charge in [0.05, 0.1) is 6.10 Å². The largest absolute Gasteiger partial charge is 0.480 e. The molecule has 2 amide bonds. The van der Waals surface area contributed by atoms with Crippen LogP contribution in [0.2, 0.25) is 0 Å². The summed E-state index contributed by atoms with van der Waals surface area (Å²) in [5, 5.41) is 14.3. The number of carbonyl (C=O) groups is 3. The average Bonchev–Trinajstić information content (AvgIpc) is 3.08. The minimum atomic E-state index is -1.40. The zero-order valence-corrected chi connectivity index (χ0v) is 18.5. The van der Waals surface area contributed by atoms with Crippen molar-refractivity contribution in [3.8, 4) is 11.1 Å². The van der Waals surface area contributed by atoms with Gasteiger partial charge in [-0.25, -0.2) is 9.59 Å². The van der Waals surface area contributed by atoms with Gasteiger partial charge in [0.25, 0.3) is 0 Å². The molecule has 0 aromatic heterocycles. The highest BCUT2D eigenvalue weighted by Gasteiger charge is 2.36. The molecule has 8 nitrogen and oxygen atoms in total. The summed E-state index contributed by atoms with van der Waals surface area (Å²) in [5.41, 5.74) is 2.99. The topological polar surface area (TPSA) is 114 Å². The molecule has 2 atom stereocenters. The number of rotatable bonds is 8. The molecule has 32 heavy (non-hydrogen) atoms. The number of benzene rings is 2. The van der Waals surface area contributed by atoms with E-state index in [0.29, 0.717) is 0 Å². The Morgan fingerprint density at radius 2 is 1.56 bits per heavy atom. The van der Waals surface area contributed by atoms with E-state index in [2.05, 4.69) is 10.6 Å². The van der Waals surface area contributed by atoms with E-state index in [9.17, 15) is 19.5 Å². The molecule has 8 heteroatoms. The average molecular weight is 440 g/mol. The zero-order chi connectivity index (χ0) is 23.5. The Morgan fingerprint density at radius 1 is 1.03 bits per heavy atom. The van der Waals surface area contributed by atoms with Crippen molar-refractivity contribution in [1.29, 1.82) is 0 Å². The van der Waals surface area contributed by atoms with Crippen LogP contribution in [0.5, 0.6) is 0 Å². The molecule has 2 aromatic rings. The summed E-state index contributed by atoms with van der Waals surface area (Å²) in [5.74, 6) is -2.00. The standard InChI is InChI=1S/C24H28N2O6/c1-14(31-4)20(21(27)28)25-22(29)24(2,3)26-23(30)32-13-19-17-11-7-5-9-15(17)16-10-6-8-12-18(16)19/h5-12,14,19-20H,13H2,1-4H3,(H,25,29)(H,26,30)(H,27,28)/t14-,20+/m1/s1. The van der Waals surface area contributed by atoms with Crippen LogP contribution in [0.1, 0.15) is 37.8 Å². The minimum Gasteiger partial charge on any atom is -0.480 e. The highest BCUT2D eigenvalue weighted by atomic mass is 16.5. The second kappa shape index (κ2) is 9.40. The fraction of sp³-hybridized carbons (Fsp3) is 0.375. The molecule has 0 saturated carbocycles. The number of carbonyl (C=O) groups excluding carboxylic acids is 2. The Balaban J connectivity index is 1.64. The van der Waals surface area contributed by atoms with Gasteiger partial charge >= 0.3 is 12.1 Å². The van der Waals surface area contributed by atoms with Crippen molar-refractivity contribution in [1.82, 2.24) is 10.6 Å². The number of carboxylic acid groups (broad SMARTS) is 1. The zero-order valence-electron chi connectivity index (χ0n) is 18.5. The molecule has 0 saturated heterocycles. The summed E-state index contributed by atoms with van der Waals surface area (Å²) >= 11 is 0. The number of ether oxygens (including phenoxy) is 2. The van der Waals surface area contributed by atoms with E-state index in [0.717, 1.165) is 22.3 Å². The van der Waals surface area contributed by atoms with Crippen LogP contribution in [0, 0.1) is 0 Å². The molecular formula is C24H28N2O6. The maximum atomic E-state index is 12.6. The van der Waals surface area contributed by atoms with Crippen LogP contribution in [-0.2, 0) is 19.1 Å². The number of carboxylic acids is 1. The third-order valence-electron chi connectivity index (χ3n) is 5.72. The van der Waals surface area contributed by atoms with E-state index in [-0.39, 0.29) is 12.5 Å². The van der Waals surface area contributed by atoms with E-state index >= 15 is 0 Å². The summed E-state index contributed by atoms with van der Waals surface area (Å²) in [6.07, 6.45) is -1.51. The number of methoxy groups -OCH3 is 1. The van der Waals surface area contributed by atoms with Crippen LogP contribution in [-0.4, -0.2) is 54.5 Å². The predicted octanol–water partition coefficient (Wildman–Crippen LogP) is 2.91. The van der Waals surface area contributed by atoms with Crippen LogP contribution >= 0.6 is 0 Å². The second-order valence-corrected chi connectivity index (χ2v) is 8.31. The maximum absolute atomic E-state index is 12.6. The Kier molecular flexibility index (Phi) is 6.84. The number of hydrogen-bond donors (Lipinski definition) is 3. The molecule has 3 rings (SSSR count). The van der Waals surface area contributed by atoms with Crippen LogP contribution in [0.15, 0.2) is 48.5 Å². The summed E-state index contributed by atoms with van der Waals surface area (Å²) < 4.78 is 10.5. The van der Waals surface area contributed by atoms with E-state index in [4.69, 9.17) is 9.47 Å². The van der Waals surface area contributed by atoms with Crippen molar-refractivity contribution < 1.29 is 29.0 Å². The molecule has 1 aliphatic rings. The molecule has 0 bridgehead atoms. The van der Waals surface area contributed by atoms with Crippen LogP contribution in [0.4, 0.5) is 4.79 Å². The highest BCUT2D eigenvalue weighted by Crippen LogP contribution is 2.44. The number of alkyl carbamates (subject to hydrolysis) is 1. The summed E-state index contributed by atoms with van der Waals surface area (Å²) in [4.78, 5) is 36.6. The first-order valence-corrected chi connectivity index (χ1v) is 10.4. The summed E-state index contributed by atoms with van der Waals surface area (Å²) in [7, 11) is 1.35. The Labute approximate surface area is 186 Å². The molecule has 0 unspecified atom stereocenters. The van der Waals surface area contributed by atoms with E-state index in [1.165, 1.54) is 27.9 Å². The molecule has 170 valence electrons. The van der Waals surface area contributed by atoms with Gasteiger partial charge in [-0.2, -0.15) is 0 Å². The lowest BCUT2D eigenvalue weighted by atomic mass is 9.98. The molecule has 1 aliphatic carbocycles. The predicted molar refractivity (Wildman–Crippen MR) is 118 cm³/mol. The number of amides is 2. The van der Waals surface area contributed by atoms with Crippen molar-refractivity contribution >= 4 is 18.0 Å². The number of fused-ring (bicyclic) bond motifs is 3. The molecule has 0 radical (unpaired) electrons. The molecular weight excluding hydrogens is 412 g/mol. The Hall–Kier alpha value is -3.39. The monoisotopic (exact) mass is 440 g/mol. The van der Waals surface area contributed by atoms with E-state index in [1.807, 2.05) is 48.5 Å². The number of nitrogens with one attached hydrogen (secondary N) is 2. The first kappa shape index (κ1) is 23.3. The second-order valence-electron chi connectivity index (χ2n) is 8.31. The molecule has 0 aliphatic heterocycles. The normalized spacial score (nSPS) is 14.6. The lowest BCUT2D eigenvalue weighted by Crippen LogP contribution is -2.60. The van der Waals surface area contributed by atoms with Crippen molar-refractivity contribution in [3.63, 3.8) is 0 Å². The van der Waals surface area contributed by atoms with Gasteiger partial charge < -0.3 is 25.2 Å². The smallest absolute Gasteiger partial charge is 0.408 e. The van der Waals surface area contributed by atoms with Gasteiger partial charge in [-0.15, -0.1) is 0 Å². The van der Waals surface area contributed by atoms with Crippen LogP contribution < -0.4 is 10.6 Å². The lowest BCUT2D eigenvalue weighted by Gasteiger charge is -2.28. The molecule has 0 fully saturated rings. The summed E-state index contributed by atoms with van der Waals surface area (Å²) in [6, 6.07) is 14.7. The van der Waals surface area contributed by atoms with Gasteiger partial charge in [-0.3, -0.25) is 4.79 Å². The first-order chi connectivity index (χ1) is 15.2. The van der Waals surface area contributed by atoms with Crippen molar-refractivity contribution in [2.24, 2.45) is 0 Å². The maximum Gasteiger partial charge on any atom is 0.408 e. The first-order valence-electron chi connectivity index (χ1n) is 10.4. The third-order valence-corrected chi connectivity index (χ3v) is 5.72. The van der Waals surface area contributed by atoms with Crippen molar-refractivity contribution in [3.05, 3.63) is 59.7 Å². The van der Waals surface area contributed by atoms with Crippen LogP contribution in [0.3, 0.4) is 0 Å². The number of hydrogen-bond acceptors (Lipinski definition) is 5. The quantitative estimate of drug-likeness (QED) is 0.582. The van der Waals surface area contributed by atoms with Crippen molar-refractivity contribution in [2.45, 2.75) is 44.4 Å². The van der Waals surface area contributed by atoms with Gasteiger partial charge in [-0.1, -0.05) is 48.5 Å². The SMILES string of the molecule is CO[C@H](C)[C@H](NC(=O)C(C)(C)NC(=O)OCC1c2ccccc2-c2ccccc21)C(=O)O. The van der Waals surface area contributed by atoms with Gasteiger partial charge in [-0.05, 0) is 43.0 Å². The molecule has 3 N–H and O–H groups in total. The highest BCUT2D eigenvalue weighted by molar-refractivity contribution is 5.92. The number of aliphatic carboxylic acids is 1. The minimum absolute atomic E-state index is 0.107.